The maximum atomic E-state index is 13.0. The van der Waals surface area contributed by atoms with E-state index in [1.165, 1.54) is 6.92 Å². The molecule has 3 heterocycles. The number of carbonyl (C=O) groups excluding carboxylic acids is 2. The van der Waals surface area contributed by atoms with E-state index >= 15 is 0 Å². The Balaban J connectivity index is 1.52. The van der Waals surface area contributed by atoms with Gasteiger partial charge in [0.15, 0.2) is 10.9 Å². The van der Waals surface area contributed by atoms with Crippen molar-refractivity contribution in [3.8, 4) is 11.3 Å². The number of benzene rings is 1. The summed E-state index contributed by atoms with van der Waals surface area (Å²) in [7, 11) is 0. The number of amides is 1. The van der Waals surface area contributed by atoms with Gasteiger partial charge in [0.2, 0.25) is 5.91 Å². The molecule has 4 aromatic rings. The molecular weight excluding hydrogens is 469 g/mol. The smallest absolute Gasteiger partial charge is 0.302 e. The van der Waals surface area contributed by atoms with Crippen molar-refractivity contribution in [1.82, 2.24) is 24.6 Å². The van der Waals surface area contributed by atoms with Crippen LogP contribution in [0.25, 0.3) is 17.0 Å². The van der Waals surface area contributed by atoms with E-state index in [0.717, 1.165) is 21.4 Å². The van der Waals surface area contributed by atoms with Gasteiger partial charge in [-0.3, -0.25) is 9.59 Å². The first-order chi connectivity index (χ1) is 16.0. The molecule has 34 heavy (non-hydrogen) atoms. The van der Waals surface area contributed by atoms with E-state index in [0.29, 0.717) is 32.7 Å². The highest BCUT2D eigenvalue weighted by Crippen LogP contribution is 2.32. The molecule has 1 amide bonds. The topological polar surface area (TPSA) is 102 Å². The van der Waals surface area contributed by atoms with Crippen LogP contribution in [0.3, 0.4) is 0 Å². The van der Waals surface area contributed by atoms with Crippen molar-refractivity contribution in [2.24, 2.45) is 0 Å². The number of thiazole rings is 1. The highest BCUT2D eigenvalue weighted by Gasteiger charge is 2.37. The van der Waals surface area contributed by atoms with E-state index in [-0.39, 0.29) is 30.3 Å². The standard InChI is InChI=1S/C22H19F3N6O2S/c1-11-15(12(2)31-20(26-11)29-19(30-31)22(23,24)25)9-10-16(33)27-21-28-17(18(34-21)13(3)32)14-7-5-4-6-8-14/h4-8H,9-10H2,1-3H3,(H,27,28,33). The van der Waals surface area contributed by atoms with Gasteiger partial charge in [0.1, 0.15) is 0 Å². The maximum absolute atomic E-state index is 13.0. The predicted octanol–water partition coefficient (Wildman–Crippen LogP) is 4.66. The lowest BCUT2D eigenvalue weighted by Gasteiger charge is -2.10. The predicted molar refractivity (Wildman–Crippen MR) is 120 cm³/mol. The third-order valence-electron chi connectivity index (χ3n) is 5.15. The monoisotopic (exact) mass is 488 g/mol. The number of hydrogen-bond acceptors (Lipinski definition) is 7. The summed E-state index contributed by atoms with van der Waals surface area (Å²) >= 11 is 1.09. The molecular formula is C22H19F3N6O2S. The third-order valence-corrected chi connectivity index (χ3v) is 6.22. The minimum atomic E-state index is -4.68. The average Bonchev–Trinajstić information content (AvgIpc) is 3.39. The van der Waals surface area contributed by atoms with Gasteiger partial charge in [0.05, 0.1) is 10.6 Å². The summed E-state index contributed by atoms with van der Waals surface area (Å²) < 4.78 is 39.9. The SMILES string of the molecule is CC(=O)c1sc(NC(=O)CCc2c(C)nc3nc(C(F)(F)F)nn3c2C)nc1-c1ccccc1. The Labute approximate surface area is 195 Å². The van der Waals surface area contributed by atoms with Crippen LogP contribution in [0.2, 0.25) is 0 Å². The number of Topliss-reactive ketones (excluding diaryl/α,β-unsaturated/α-hetero) is 1. The first-order valence-corrected chi connectivity index (χ1v) is 11.0. The number of nitrogens with zero attached hydrogens (tertiary/aromatic N) is 5. The molecule has 0 fully saturated rings. The summed E-state index contributed by atoms with van der Waals surface area (Å²) in [5, 5.41) is 6.52. The van der Waals surface area contributed by atoms with Crippen LogP contribution in [0.5, 0.6) is 0 Å². The van der Waals surface area contributed by atoms with Crippen LogP contribution in [0.1, 0.15) is 45.8 Å². The molecule has 1 aromatic carbocycles. The summed E-state index contributed by atoms with van der Waals surface area (Å²) in [6.45, 7) is 4.69. The highest BCUT2D eigenvalue weighted by molar-refractivity contribution is 7.18. The number of anilines is 1. The van der Waals surface area contributed by atoms with Crippen LogP contribution in [0.4, 0.5) is 18.3 Å². The number of nitrogens with one attached hydrogen (secondary N) is 1. The maximum Gasteiger partial charge on any atom is 0.453 e. The molecule has 0 radical (unpaired) electrons. The Hall–Kier alpha value is -3.67. The van der Waals surface area contributed by atoms with E-state index in [1.807, 2.05) is 30.3 Å². The number of rotatable bonds is 6. The number of ketones is 1. The lowest BCUT2D eigenvalue weighted by Crippen LogP contribution is -2.14. The molecule has 4 rings (SSSR count). The van der Waals surface area contributed by atoms with Crippen molar-refractivity contribution in [1.29, 1.82) is 0 Å². The minimum absolute atomic E-state index is 0.0331. The Kier molecular flexibility index (Phi) is 6.17. The van der Waals surface area contributed by atoms with E-state index in [4.69, 9.17) is 0 Å². The summed E-state index contributed by atoms with van der Waals surface area (Å²) in [5.74, 6) is -1.93. The summed E-state index contributed by atoms with van der Waals surface area (Å²) in [5.41, 5.74) is 2.77. The van der Waals surface area contributed by atoms with Gasteiger partial charge in [0.25, 0.3) is 11.6 Å². The fourth-order valence-electron chi connectivity index (χ4n) is 3.51. The number of aromatic nitrogens is 5. The summed E-state index contributed by atoms with van der Waals surface area (Å²) in [4.78, 5) is 37.1. The van der Waals surface area contributed by atoms with E-state index in [1.54, 1.807) is 13.8 Å². The van der Waals surface area contributed by atoms with Gasteiger partial charge in [-0.2, -0.15) is 18.2 Å². The first kappa shape index (κ1) is 23.5. The van der Waals surface area contributed by atoms with Crippen molar-refractivity contribution in [2.75, 3.05) is 5.32 Å². The molecule has 0 saturated heterocycles. The van der Waals surface area contributed by atoms with Crippen LogP contribution < -0.4 is 5.32 Å². The highest BCUT2D eigenvalue weighted by atomic mass is 32.1. The van der Waals surface area contributed by atoms with Gasteiger partial charge in [-0.25, -0.2) is 14.5 Å². The number of carbonyl (C=O) groups is 2. The molecule has 0 aliphatic heterocycles. The number of aryl methyl sites for hydroxylation is 2. The fourth-order valence-corrected chi connectivity index (χ4v) is 4.41. The van der Waals surface area contributed by atoms with Crippen molar-refractivity contribution >= 4 is 33.9 Å². The van der Waals surface area contributed by atoms with Gasteiger partial charge in [-0.1, -0.05) is 41.7 Å². The molecule has 0 spiro atoms. The number of fused-ring (bicyclic) bond motifs is 1. The average molecular weight is 488 g/mol. The van der Waals surface area contributed by atoms with Crippen molar-refractivity contribution in [3.05, 3.63) is 58.0 Å². The van der Waals surface area contributed by atoms with Crippen molar-refractivity contribution in [2.45, 2.75) is 39.8 Å². The van der Waals surface area contributed by atoms with Gasteiger partial charge in [0, 0.05) is 30.3 Å². The lowest BCUT2D eigenvalue weighted by molar-refractivity contribution is -0.144. The molecule has 1 N–H and O–H groups in total. The zero-order valence-corrected chi connectivity index (χ0v) is 19.2. The van der Waals surface area contributed by atoms with Gasteiger partial charge in [-0.05, 0) is 25.8 Å². The fraction of sp³-hybridized carbons (Fsp3) is 0.273. The van der Waals surface area contributed by atoms with Crippen LogP contribution >= 0.6 is 11.3 Å². The van der Waals surface area contributed by atoms with Gasteiger partial charge < -0.3 is 5.32 Å². The second-order valence-corrected chi connectivity index (χ2v) is 8.57. The molecule has 12 heteroatoms. The molecule has 0 aliphatic carbocycles. The van der Waals surface area contributed by atoms with Gasteiger partial charge >= 0.3 is 6.18 Å². The van der Waals surface area contributed by atoms with Crippen LogP contribution in [-0.2, 0) is 17.4 Å². The second-order valence-electron chi connectivity index (χ2n) is 7.57. The second kappa shape index (κ2) is 8.93. The normalized spacial score (nSPS) is 11.7. The van der Waals surface area contributed by atoms with Crippen molar-refractivity contribution < 1.29 is 22.8 Å². The largest absolute Gasteiger partial charge is 0.453 e. The summed E-state index contributed by atoms with van der Waals surface area (Å²) in [6, 6.07) is 9.18. The number of alkyl halides is 3. The molecule has 3 aromatic heterocycles. The van der Waals surface area contributed by atoms with Gasteiger partial charge in [-0.15, -0.1) is 5.10 Å². The Bertz CT molecular complexity index is 1400. The van der Waals surface area contributed by atoms with E-state index in [2.05, 4.69) is 25.4 Å². The Morgan fingerprint density at radius 2 is 1.79 bits per heavy atom. The third kappa shape index (κ3) is 4.67. The van der Waals surface area contributed by atoms with Crippen LogP contribution in [0.15, 0.2) is 30.3 Å². The molecule has 0 bridgehead atoms. The van der Waals surface area contributed by atoms with Crippen LogP contribution in [0, 0.1) is 13.8 Å². The van der Waals surface area contributed by atoms with Crippen LogP contribution in [-0.4, -0.2) is 36.3 Å². The Morgan fingerprint density at radius 3 is 2.44 bits per heavy atom. The molecule has 8 nitrogen and oxygen atoms in total. The zero-order valence-electron chi connectivity index (χ0n) is 18.4. The molecule has 0 saturated carbocycles. The van der Waals surface area contributed by atoms with E-state index < -0.39 is 12.0 Å². The molecule has 176 valence electrons. The quantitative estimate of drug-likeness (QED) is 0.396. The molecule has 0 aliphatic rings. The number of halogens is 3. The molecule has 0 atom stereocenters. The van der Waals surface area contributed by atoms with E-state index in [9.17, 15) is 22.8 Å². The number of hydrogen-bond donors (Lipinski definition) is 1. The molecule has 0 unspecified atom stereocenters. The minimum Gasteiger partial charge on any atom is -0.302 e. The zero-order chi connectivity index (χ0) is 24.6. The van der Waals surface area contributed by atoms with Crippen molar-refractivity contribution in [3.63, 3.8) is 0 Å². The Morgan fingerprint density at radius 1 is 1.09 bits per heavy atom. The first-order valence-electron chi connectivity index (χ1n) is 10.2. The lowest BCUT2D eigenvalue weighted by atomic mass is 10.1. The summed E-state index contributed by atoms with van der Waals surface area (Å²) in [6.07, 6.45) is -4.42.